The number of ether oxygens (including phenoxy) is 1. The molecular weight excluding hydrogens is 440 g/mol. The summed E-state index contributed by atoms with van der Waals surface area (Å²) >= 11 is 0. The maximum atomic E-state index is 10.5. The molecule has 1 saturated carbocycles. The summed E-state index contributed by atoms with van der Waals surface area (Å²) in [5, 5.41) is 0. The molecule has 36 heavy (non-hydrogen) atoms. The number of esters is 1. The van der Waals surface area contributed by atoms with E-state index < -0.39 is 5.60 Å². The molecule has 0 radical (unpaired) electrons. The van der Waals surface area contributed by atoms with Gasteiger partial charge in [-0.3, -0.25) is 0 Å². The van der Waals surface area contributed by atoms with Crippen molar-refractivity contribution in [1.82, 2.24) is 0 Å². The van der Waals surface area contributed by atoms with Crippen LogP contribution in [0, 0.1) is 0 Å². The van der Waals surface area contributed by atoms with Crippen LogP contribution in [0.25, 0.3) is 0 Å². The highest BCUT2D eigenvalue weighted by Crippen LogP contribution is 2.17. The van der Waals surface area contributed by atoms with Gasteiger partial charge in [0.1, 0.15) is 5.60 Å². The van der Waals surface area contributed by atoms with E-state index in [2.05, 4.69) is 6.58 Å². The number of hydrogen-bond donors (Lipinski definition) is 0. The lowest BCUT2D eigenvalue weighted by molar-refractivity contribution is -0.148. The molecule has 0 saturated heterocycles. The standard InChI is InChI=1S/C27H54.C7H12O2/c1-2-4-6-8-10-12-14-16-18-20-22-24-26-27-25-23-21-19-17-15-13-11-9-7-5-3-1;1-5-6(8)9-7(2,3)4/h1-27H2;5H,1H2,2-4H3. The molecule has 2 heteroatoms. The van der Waals surface area contributed by atoms with Crippen molar-refractivity contribution < 1.29 is 9.53 Å². The Labute approximate surface area is 227 Å². The molecule has 0 aromatic rings. The highest BCUT2D eigenvalue weighted by molar-refractivity contribution is 5.81. The summed E-state index contributed by atoms with van der Waals surface area (Å²) in [7, 11) is 0. The first-order valence-electron chi connectivity index (χ1n) is 16.3. The third kappa shape index (κ3) is 31.2. The Balaban J connectivity index is 0.00000115. The fourth-order valence-corrected chi connectivity index (χ4v) is 5.12. The van der Waals surface area contributed by atoms with Crippen LogP contribution in [0.15, 0.2) is 12.7 Å². The van der Waals surface area contributed by atoms with Gasteiger partial charge < -0.3 is 4.74 Å². The van der Waals surface area contributed by atoms with E-state index in [0.717, 1.165) is 6.08 Å². The van der Waals surface area contributed by atoms with Gasteiger partial charge in [0.2, 0.25) is 0 Å². The van der Waals surface area contributed by atoms with Gasteiger partial charge in [0.15, 0.2) is 0 Å². The molecule has 0 atom stereocenters. The van der Waals surface area contributed by atoms with E-state index in [0.29, 0.717) is 0 Å². The van der Waals surface area contributed by atoms with Crippen molar-refractivity contribution in [3.8, 4) is 0 Å². The van der Waals surface area contributed by atoms with E-state index in [1.807, 2.05) is 20.8 Å². The van der Waals surface area contributed by atoms with Gasteiger partial charge in [0.05, 0.1) is 0 Å². The molecule has 1 rings (SSSR count). The van der Waals surface area contributed by atoms with Crippen LogP contribution in [-0.2, 0) is 9.53 Å². The average molecular weight is 507 g/mol. The number of carbonyl (C=O) groups excluding carboxylic acids is 1. The highest BCUT2D eigenvalue weighted by atomic mass is 16.6. The van der Waals surface area contributed by atoms with E-state index in [-0.39, 0.29) is 5.97 Å². The van der Waals surface area contributed by atoms with Crippen LogP contribution < -0.4 is 0 Å². The van der Waals surface area contributed by atoms with Crippen molar-refractivity contribution in [3.05, 3.63) is 12.7 Å². The quantitative estimate of drug-likeness (QED) is 0.261. The lowest BCUT2D eigenvalue weighted by Gasteiger charge is -2.17. The van der Waals surface area contributed by atoms with Crippen molar-refractivity contribution >= 4 is 5.97 Å². The lowest BCUT2D eigenvalue weighted by atomic mass is 10.0. The minimum absolute atomic E-state index is 0.373. The SMILES string of the molecule is C1CCCCCCCCCCCCCCCCCCCCCCCCCC1.C=CC(=O)OC(C)(C)C. The van der Waals surface area contributed by atoms with Crippen LogP contribution in [-0.4, -0.2) is 11.6 Å². The second-order valence-corrected chi connectivity index (χ2v) is 12.3. The summed E-state index contributed by atoms with van der Waals surface area (Å²) in [6, 6.07) is 0. The van der Waals surface area contributed by atoms with Gasteiger partial charge >= 0.3 is 5.97 Å². The number of carbonyl (C=O) groups is 1. The topological polar surface area (TPSA) is 26.3 Å². The first-order chi connectivity index (χ1) is 17.5. The molecular formula is C34H66O2. The largest absolute Gasteiger partial charge is 0.457 e. The zero-order valence-corrected chi connectivity index (χ0v) is 25.2. The molecule has 0 bridgehead atoms. The Morgan fingerprint density at radius 3 is 0.639 bits per heavy atom. The second kappa shape index (κ2) is 27.3. The van der Waals surface area contributed by atoms with Gasteiger partial charge in [-0.15, -0.1) is 0 Å². The molecule has 1 aliphatic carbocycles. The van der Waals surface area contributed by atoms with Gasteiger partial charge in [-0.25, -0.2) is 4.79 Å². The summed E-state index contributed by atoms with van der Waals surface area (Å²) in [5.74, 6) is -0.373. The molecule has 0 spiro atoms. The van der Waals surface area contributed by atoms with Crippen LogP contribution in [0.4, 0.5) is 0 Å². The minimum atomic E-state index is -0.398. The van der Waals surface area contributed by atoms with Crippen LogP contribution in [0.5, 0.6) is 0 Å². The summed E-state index contributed by atoms with van der Waals surface area (Å²) in [4.78, 5) is 10.5. The molecule has 0 amide bonds. The van der Waals surface area contributed by atoms with Gasteiger partial charge in [0, 0.05) is 6.08 Å². The molecule has 214 valence electrons. The van der Waals surface area contributed by atoms with Gasteiger partial charge in [-0.05, 0) is 20.8 Å². The first-order valence-corrected chi connectivity index (χ1v) is 16.3. The smallest absolute Gasteiger partial charge is 0.330 e. The van der Waals surface area contributed by atoms with Gasteiger partial charge in [-0.2, -0.15) is 0 Å². The molecule has 0 unspecified atom stereocenters. The Kier molecular flexibility index (Phi) is 26.7. The predicted octanol–water partition coefficient (Wildman–Crippen LogP) is 12.0. The van der Waals surface area contributed by atoms with Gasteiger partial charge in [0.25, 0.3) is 0 Å². The van der Waals surface area contributed by atoms with E-state index in [9.17, 15) is 4.79 Å². The summed E-state index contributed by atoms with van der Waals surface area (Å²) in [6.07, 6.45) is 41.7. The first kappa shape index (κ1) is 35.2. The third-order valence-corrected chi connectivity index (χ3v) is 7.32. The van der Waals surface area contributed by atoms with E-state index in [1.54, 1.807) is 0 Å². The number of hydrogen-bond acceptors (Lipinski definition) is 2. The summed E-state index contributed by atoms with van der Waals surface area (Å²) in [6.45, 7) is 8.71. The predicted molar refractivity (Wildman–Crippen MR) is 161 cm³/mol. The molecule has 1 fully saturated rings. The summed E-state index contributed by atoms with van der Waals surface area (Å²) in [5.41, 5.74) is -0.398. The Hall–Kier alpha value is -0.790. The van der Waals surface area contributed by atoms with Crippen LogP contribution in [0.2, 0.25) is 0 Å². The monoisotopic (exact) mass is 507 g/mol. The zero-order valence-electron chi connectivity index (χ0n) is 25.2. The molecule has 0 aromatic carbocycles. The lowest BCUT2D eigenvalue weighted by Crippen LogP contribution is -2.22. The molecule has 1 aliphatic rings. The van der Waals surface area contributed by atoms with Crippen molar-refractivity contribution in [2.45, 2.75) is 200 Å². The highest BCUT2D eigenvalue weighted by Gasteiger charge is 2.12. The molecule has 0 aliphatic heterocycles. The fourth-order valence-electron chi connectivity index (χ4n) is 5.12. The van der Waals surface area contributed by atoms with Crippen LogP contribution in [0.3, 0.4) is 0 Å². The third-order valence-electron chi connectivity index (χ3n) is 7.32. The van der Waals surface area contributed by atoms with E-state index in [4.69, 9.17) is 4.74 Å². The van der Waals surface area contributed by atoms with Crippen molar-refractivity contribution in [1.29, 1.82) is 0 Å². The Bertz CT molecular complexity index is 334. The zero-order chi connectivity index (χ0) is 26.6. The second-order valence-electron chi connectivity index (χ2n) is 12.3. The Morgan fingerprint density at radius 1 is 0.444 bits per heavy atom. The maximum Gasteiger partial charge on any atom is 0.330 e. The van der Waals surface area contributed by atoms with E-state index in [1.165, 1.54) is 173 Å². The molecule has 0 aromatic heterocycles. The molecule has 0 heterocycles. The molecule has 0 N–H and O–H groups in total. The van der Waals surface area contributed by atoms with Crippen LogP contribution in [0.1, 0.15) is 194 Å². The van der Waals surface area contributed by atoms with Gasteiger partial charge in [-0.1, -0.05) is 180 Å². The maximum absolute atomic E-state index is 10.5. The van der Waals surface area contributed by atoms with Crippen molar-refractivity contribution in [3.63, 3.8) is 0 Å². The van der Waals surface area contributed by atoms with Crippen molar-refractivity contribution in [2.75, 3.05) is 0 Å². The average Bonchev–Trinajstić information content (AvgIpc) is 2.83. The fraction of sp³-hybridized carbons (Fsp3) is 0.912. The van der Waals surface area contributed by atoms with Crippen LogP contribution >= 0.6 is 0 Å². The number of rotatable bonds is 1. The Morgan fingerprint density at radius 2 is 0.583 bits per heavy atom. The van der Waals surface area contributed by atoms with E-state index >= 15 is 0 Å². The normalized spacial score (nSPS) is 20.6. The molecule has 2 nitrogen and oxygen atoms in total. The minimum Gasteiger partial charge on any atom is -0.457 e. The summed E-state index contributed by atoms with van der Waals surface area (Å²) < 4.78 is 4.83. The van der Waals surface area contributed by atoms with Crippen molar-refractivity contribution in [2.24, 2.45) is 0 Å².